The highest BCUT2D eigenvalue weighted by Crippen LogP contribution is 2.50. The van der Waals surface area contributed by atoms with Crippen molar-refractivity contribution in [3.63, 3.8) is 0 Å². The van der Waals surface area contributed by atoms with Crippen molar-refractivity contribution >= 4 is 10.9 Å². The lowest BCUT2D eigenvalue weighted by Crippen LogP contribution is -2.48. The largest absolute Gasteiger partial charge is 0.493 e. The number of halogens is 3. The number of rotatable bonds is 6. The smallest absolute Gasteiger partial charge is 0.408 e. The zero-order chi connectivity index (χ0) is 20.5. The highest BCUT2D eigenvalue weighted by molar-refractivity contribution is 5.85. The molecule has 0 spiro atoms. The van der Waals surface area contributed by atoms with E-state index in [1.54, 1.807) is 18.2 Å². The first-order chi connectivity index (χ1) is 13.2. The van der Waals surface area contributed by atoms with Gasteiger partial charge in [-0.1, -0.05) is 24.3 Å². The molecule has 0 aliphatic rings. The van der Waals surface area contributed by atoms with Gasteiger partial charge in [-0.3, -0.25) is 10.1 Å². The van der Waals surface area contributed by atoms with Gasteiger partial charge in [0.15, 0.2) is 16.9 Å². The van der Waals surface area contributed by atoms with Gasteiger partial charge in [-0.15, -0.1) is 0 Å². The predicted octanol–water partition coefficient (Wildman–Crippen LogP) is 4.31. The summed E-state index contributed by atoms with van der Waals surface area (Å²) in [5.74, 6) is 0.277. The number of ether oxygens (including phenoxy) is 2. The van der Waals surface area contributed by atoms with E-state index in [-0.39, 0.29) is 28.0 Å². The number of nitrogens with zero attached hydrogens (tertiary/aromatic N) is 1. The number of nitro groups is 1. The third kappa shape index (κ3) is 3.02. The molecule has 1 aromatic heterocycles. The number of aromatic nitrogens is 1. The van der Waals surface area contributed by atoms with Gasteiger partial charge in [0.25, 0.3) is 0 Å². The van der Waals surface area contributed by atoms with Crippen molar-refractivity contribution in [2.24, 2.45) is 0 Å². The van der Waals surface area contributed by atoms with Crippen molar-refractivity contribution in [1.82, 2.24) is 4.98 Å². The standard InChI is InChI=1S/C19H17F3N2O4/c1-27-16-8-7-12(9-17(16)28-2)18(11-24(25)26,19(20,21)22)14-10-23-15-6-4-3-5-13(14)15/h3-10,23H,11H2,1-2H3/t18-/m1/s1. The summed E-state index contributed by atoms with van der Waals surface area (Å²) in [4.78, 5) is 13.2. The second-order valence-corrected chi connectivity index (χ2v) is 6.21. The average Bonchev–Trinajstić information content (AvgIpc) is 3.08. The van der Waals surface area contributed by atoms with E-state index < -0.39 is 23.1 Å². The maximum atomic E-state index is 14.5. The summed E-state index contributed by atoms with van der Waals surface area (Å²) in [5, 5.41) is 11.6. The minimum atomic E-state index is -4.95. The minimum absolute atomic E-state index is 0.0526. The molecule has 0 bridgehead atoms. The van der Waals surface area contributed by atoms with Crippen molar-refractivity contribution in [2.45, 2.75) is 11.6 Å². The van der Waals surface area contributed by atoms with Gasteiger partial charge < -0.3 is 14.5 Å². The summed E-state index contributed by atoms with van der Waals surface area (Å²) >= 11 is 0. The van der Waals surface area contributed by atoms with Crippen LogP contribution in [0.4, 0.5) is 13.2 Å². The summed E-state index contributed by atoms with van der Waals surface area (Å²) in [5.41, 5.74) is -2.95. The van der Waals surface area contributed by atoms with Gasteiger partial charge in [-0.25, -0.2) is 0 Å². The van der Waals surface area contributed by atoms with E-state index in [9.17, 15) is 23.3 Å². The van der Waals surface area contributed by atoms with Crippen LogP contribution < -0.4 is 9.47 Å². The Balaban J connectivity index is 2.39. The molecule has 3 rings (SSSR count). The maximum Gasteiger partial charge on any atom is 0.408 e. The SMILES string of the molecule is COc1ccc([C@](C[N+](=O)[O-])(c2c[nH]c3ccccc23)C(F)(F)F)cc1OC. The molecule has 0 aliphatic heterocycles. The van der Waals surface area contributed by atoms with Crippen molar-refractivity contribution < 1.29 is 27.6 Å². The summed E-state index contributed by atoms with van der Waals surface area (Å²) in [6, 6.07) is 9.99. The van der Waals surface area contributed by atoms with Crippen LogP contribution >= 0.6 is 0 Å². The lowest BCUT2D eigenvalue weighted by atomic mass is 9.73. The summed E-state index contributed by atoms with van der Waals surface area (Å²) in [6.07, 6.45) is -3.77. The molecule has 2 aromatic carbocycles. The molecule has 6 nitrogen and oxygen atoms in total. The number of fused-ring (bicyclic) bond motifs is 1. The molecule has 1 atom stereocenters. The molecular weight excluding hydrogens is 377 g/mol. The Morgan fingerprint density at radius 2 is 1.75 bits per heavy atom. The first kappa shape index (κ1) is 19.5. The summed E-state index contributed by atoms with van der Waals surface area (Å²) < 4.78 is 53.8. The van der Waals surface area contributed by atoms with E-state index in [0.29, 0.717) is 5.52 Å². The van der Waals surface area contributed by atoms with Crippen molar-refractivity contribution in [2.75, 3.05) is 20.8 Å². The molecule has 0 saturated carbocycles. The van der Waals surface area contributed by atoms with Crippen LogP contribution in [0.15, 0.2) is 48.7 Å². The van der Waals surface area contributed by atoms with Gasteiger partial charge in [0.2, 0.25) is 6.54 Å². The van der Waals surface area contributed by atoms with Crippen LogP contribution in [-0.2, 0) is 5.41 Å². The van der Waals surface area contributed by atoms with E-state index in [2.05, 4.69) is 4.98 Å². The number of hydrogen-bond acceptors (Lipinski definition) is 4. The Labute approximate surface area is 158 Å². The van der Waals surface area contributed by atoms with Gasteiger partial charge in [-0.2, -0.15) is 13.2 Å². The summed E-state index contributed by atoms with van der Waals surface area (Å²) in [7, 11) is 2.64. The van der Waals surface area contributed by atoms with Crippen LogP contribution in [0, 0.1) is 10.1 Å². The molecule has 0 saturated heterocycles. The van der Waals surface area contributed by atoms with Gasteiger partial charge >= 0.3 is 6.18 Å². The molecule has 0 fully saturated rings. The minimum Gasteiger partial charge on any atom is -0.493 e. The zero-order valence-electron chi connectivity index (χ0n) is 15.0. The molecule has 9 heteroatoms. The van der Waals surface area contributed by atoms with Gasteiger partial charge in [0, 0.05) is 27.6 Å². The van der Waals surface area contributed by atoms with Gasteiger partial charge in [0.1, 0.15) is 0 Å². The number of alkyl halides is 3. The highest BCUT2D eigenvalue weighted by atomic mass is 19.4. The Morgan fingerprint density at radius 1 is 1.07 bits per heavy atom. The Morgan fingerprint density at radius 3 is 2.36 bits per heavy atom. The Hall–Kier alpha value is -3.23. The average molecular weight is 394 g/mol. The number of para-hydroxylation sites is 1. The summed E-state index contributed by atoms with van der Waals surface area (Å²) in [6.45, 7) is -1.37. The molecular formula is C19H17F3N2O4. The molecule has 1 N–H and O–H groups in total. The Kier molecular flexibility index (Phi) is 4.93. The van der Waals surface area contributed by atoms with Crippen LogP contribution in [0.1, 0.15) is 11.1 Å². The zero-order valence-corrected chi connectivity index (χ0v) is 15.0. The Bertz CT molecular complexity index is 1020. The molecule has 0 aliphatic carbocycles. The topological polar surface area (TPSA) is 77.4 Å². The molecule has 0 unspecified atom stereocenters. The fraction of sp³-hybridized carbons (Fsp3) is 0.263. The second-order valence-electron chi connectivity index (χ2n) is 6.21. The predicted molar refractivity (Wildman–Crippen MR) is 96.5 cm³/mol. The van der Waals surface area contributed by atoms with E-state index in [1.165, 1.54) is 38.6 Å². The number of hydrogen-bond donors (Lipinski definition) is 1. The molecule has 148 valence electrons. The quantitative estimate of drug-likeness (QED) is 0.499. The van der Waals surface area contributed by atoms with E-state index in [4.69, 9.17) is 9.47 Å². The van der Waals surface area contributed by atoms with E-state index in [0.717, 1.165) is 6.07 Å². The monoisotopic (exact) mass is 394 g/mol. The van der Waals surface area contributed by atoms with Crippen LogP contribution in [0.5, 0.6) is 11.5 Å². The van der Waals surface area contributed by atoms with Gasteiger partial charge in [-0.05, 0) is 23.8 Å². The molecule has 0 amide bonds. The number of methoxy groups -OCH3 is 2. The highest BCUT2D eigenvalue weighted by Gasteiger charge is 2.62. The van der Waals surface area contributed by atoms with E-state index in [1.807, 2.05) is 0 Å². The maximum absolute atomic E-state index is 14.5. The number of nitrogens with one attached hydrogen (secondary N) is 1. The first-order valence-electron chi connectivity index (χ1n) is 8.22. The van der Waals surface area contributed by atoms with Crippen LogP contribution in [0.2, 0.25) is 0 Å². The van der Waals surface area contributed by atoms with Crippen molar-refractivity contribution in [3.8, 4) is 11.5 Å². The lowest BCUT2D eigenvalue weighted by Gasteiger charge is -2.33. The van der Waals surface area contributed by atoms with Crippen LogP contribution in [0.3, 0.4) is 0 Å². The van der Waals surface area contributed by atoms with Gasteiger partial charge in [0.05, 0.1) is 14.2 Å². The third-order valence-electron chi connectivity index (χ3n) is 4.78. The molecule has 1 heterocycles. The molecule has 0 radical (unpaired) electrons. The number of aromatic amines is 1. The van der Waals surface area contributed by atoms with Crippen LogP contribution in [0.25, 0.3) is 10.9 Å². The lowest BCUT2D eigenvalue weighted by molar-refractivity contribution is -0.498. The number of H-pyrrole nitrogens is 1. The molecule has 3 aromatic rings. The van der Waals surface area contributed by atoms with Crippen molar-refractivity contribution in [1.29, 1.82) is 0 Å². The third-order valence-corrected chi connectivity index (χ3v) is 4.78. The fourth-order valence-electron chi connectivity index (χ4n) is 3.46. The van der Waals surface area contributed by atoms with Crippen LogP contribution in [-0.4, -0.2) is 36.8 Å². The number of benzene rings is 2. The normalized spacial score (nSPS) is 13.9. The second kappa shape index (κ2) is 7.06. The van der Waals surface area contributed by atoms with E-state index >= 15 is 0 Å². The fourth-order valence-corrected chi connectivity index (χ4v) is 3.46. The van der Waals surface area contributed by atoms with Crippen molar-refractivity contribution in [3.05, 3.63) is 69.9 Å². The molecule has 28 heavy (non-hydrogen) atoms. The first-order valence-corrected chi connectivity index (χ1v) is 8.22.